The maximum absolute atomic E-state index is 11.2. The highest BCUT2D eigenvalue weighted by Gasteiger charge is 2.27. The van der Waals surface area contributed by atoms with E-state index in [-0.39, 0.29) is 11.7 Å². The molecule has 0 aromatic carbocycles. The third-order valence-electron chi connectivity index (χ3n) is 1.93. The second-order valence-corrected chi connectivity index (χ2v) is 3.38. The molecule has 76 valence electrons. The van der Waals surface area contributed by atoms with E-state index in [0.29, 0.717) is 0 Å². The van der Waals surface area contributed by atoms with Crippen molar-refractivity contribution in [1.29, 1.82) is 0 Å². The van der Waals surface area contributed by atoms with Gasteiger partial charge in [0.1, 0.15) is 0 Å². The van der Waals surface area contributed by atoms with Crippen LogP contribution in [0.4, 0.5) is 4.79 Å². The standard InChI is InChI=1S/C9H17NO3/c1-6(2)8(7(3)11)10(4)9(12)13-5/h6,8H,1-5H3/t8-/m0/s1. The molecule has 0 saturated heterocycles. The number of amides is 1. The average molecular weight is 187 g/mol. The normalized spacial score (nSPS) is 12.5. The molecule has 0 aromatic heterocycles. The zero-order valence-corrected chi connectivity index (χ0v) is 8.83. The lowest BCUT2D eigenvalue weighted by Crippen LogP contribution is -2.44. The number of hydrogen-bond acceptors (Lipinski definition) is 3. The van der Waals surface area contributed by atoms with Gasteiger partial charge in [0.2, 0.25) is 0 Å². The Kier molecular flexibility index (Phi) is 4.45. The molecule has 0 N–H and O–H groups in total. The van der Waals surface area contributed by atoms with Gasteiger partial charge in [-0.1, -0.05) is 13.8 Å². The molecule has 1 atom stereocenters. The number of hydrogen-bond donors (Lipinski definition) is 0. The molecule has 13 heavy (non-hydrogen) atoms. The minimum Gasteiger partial charge on any atom is -0.453 e. The van der Waals surface area contributed by atoms with Gasteiger partial charge in [-0.3, -0.25) is 4.79 Å². The second-order valence-electron chi connectivity index (χ2n) is 3.38. The lowest BCUT2D eigenvalue weighted by molar-refractivity contribution is -0.122. The highest BCUT2D eigenvalue weighted by molar-refractivity contribution is 5.85. The number of carbonyl (C=O) groups is 2. The predicted molar refractivity (Wildman–Crippen MR) is 49.5 cm³/mol. The van der Waals surface area contributed by atoms with Crippen molar-refractivity contribution in [2.75, 3.05) is 14.2 Å². The summed E-state index contributed by atoms with van der Waals surface area (Å²) in [5, 5.41) is 0. The monoisotopic (exact) mass is 187 g/mol. The summed E-state index contributed by atoms with van der Waals surface area (Å²) in [5.41, 5.74) is 0. The van der Waals surface area contributed by atoms with Crippen LogP contribution in [0, 0.1) is 5.92 Å². The van der Waals surface area contributed by atoms with Gasteiger partial charge in [0.05, 0.1) is 13.2 Å². The van der Waals surface area contributed by atoms with Crippen molar-refractivity contribution in [3.8, 4) is 0 Å². The van der Waals surface area contributed by atoms with Crippen LogP contribution >= 0.6 is 0 Å². The number of likely N-dealkylation sites (N-methyl/N-ethyl adjacent to an activating group) is 1. The molecule has 0 unspecified atom stereocenters. The summed E-state index contributed by atoms with van der Waals surface area (Å²) >= 11 is 0. The van der Waals surface area contributed by atoms with E-state index < -0.39 is 12.1 Å². The Morgan fingerprint density at radius 3 is 2.00 bits per heavy atom. The lowest BCUT2D eigenvalue weighted by atomic mass is 10.00. The van der Waals surface area contributed by atoms with Crippen molar-refractivity contribution >= 4 is 11.9 Å². The van der Waals surface area contributed by atoms with Gasteiger partial charge < -0.3 is 9.64 Å². The van der Waals surface area contributed by atoms with Crippen LogP contribution in [0.5, 0.6) is 0 Å². The van der Waals surface area contributed by atoms with Gasteiger partial charge in [0, 0.05) is 7.05 Å². The summed E-state index contributed by atoms with van der Waals surface area (Å²) in [6.07, 6.45) is -0.478. The number of rotatable bonds is 3. The lowest BCUT2D eigenvalue weighted by Gasteiger charge is -2.27. The van der Waals surface area contributed by atoms with E-state index in [2.05, 4.69) is 4.74 Å². The van der Waals surface area contributed by atoms with Crippen LogP contribution < -0.4 is 0 Å². The molecular weight excluding hydrogens is 170 g/mol. The minimum atomic E-state index is -0.478. The van der Waals surface area contributed by atoms with Crippen LogP contribution in [-0.2, 0) is 9.53 Å². The van der Waals surface area contributed by atoms with E-state index in [9.17, 15) is 9.59 Å². The van der Waals surface area contributed by atoms with Gasteiger partial charge in [0.25, 0.3) is 0 Å². The summed E-state index contributed by atoms with van der Waals surface area (Å²) in [6, 6.07) is -0.396. The van der Waals surface area contributed by atoms with Crippen molar-refractivity contribution in [1.82, 2.24) is 4.90 Å². The SMILES string of the molecule is COC(=O)N(C)[C@H](C(C)=O)C(C)C. The van der Waals surface area contributed by atoms with E-state index in [0.717, 1.165) is 0 Å². The van der Waals surface area contributed by atoms with E-state index in [1.54, 1.807) is 7.05 Å². The average Bonchev–Trinajstić information content (AvgIpc) is 2.01. The molecule has 0 spiro atoms. The Morgan fingerprint density at radius 1 is 1.31 bits per heavy atom. The first kappa shape index (κ1) is 11.9. The summed E-state index contributed by atoms with van der Waals surface area (Å²) in [6.45, 7) is 5.26. The number of Topliss-reactive ketones (excluding diaryl/α,β-unsaturated/α-hetero) is 1. The zero-order valence-electron chi connectivity index (χ0n) is 8.83. The van der Waals surface area contributed by atoms with Gasteiger partial charge in [-0.2, -0.15) is 0 Å². The molecule has 0 bridgehead atoms. The smallest absolute Gasteiger partial charge is 0.409 e. The molecule has 4 nitrogen and oxygen atoms in total. The summed E-state index contributed by atoms with van der Waals surface area (Å²) in [4.78, 5) is 23.6. The van der Waals surface area contributed by atoms with Gasteiger partial charge >= 0.3 is 6.09 Å². The van der Waals surface area contributed by atoms with Crippen LogP contribution in [0.15, 0.2) is 0 Å². The Morgan fingerprint density at radius 2 is 1.77 bits per heavy atom. The molecular formula is C9H17NO3. The molecule has 0 fully saturated rings. The van der Waals surface area contributed by atoms with Crippen LogP contribution in [0.3, 0.4) is 0 Å². The van der Waals surface area contributed by atoms with Crippen LogP contribution in [-0.4, -0.2) is 37.0 Å². The Bertz CT molecular complexity index is 201. The molecule has 4 heteroatoms. The first-order valence-corrected chi connectivity index (χ1v) is 4.23. The van der Waals surface area contributed by atoms with Gasteiger partial charge in [-0.25, -0.2) is 4.79 Å². The Balaban J connectivity index is 4.55. The first-order valence-electron chi connectivity index (χ1n) is 4.23. The van der Waals surface area contributed by atoms with Crippen LogP contribution in [0.2, 0.25) is 0 Å². The Labute approximate surface area is 78.9 Å². The molecule has 1 amide bonds. The summed E-state index contributed by atoms with van der Waals surface area (Å²) < 4.78 is 4.53. The Hall–Kier alpha value is -1.06. The van der Waals surface area contributed by atoms with Crippen molar-refractivity contribution < 1.29 is 14.3 Å². The third kappa shape index (κ3) is 3.05. The number of ketones is 1. The molecule has 0 saturated carbocycles. The third-order valence-corrected chi connectivity index (χ3v) is 1.93. The largest absolute Gasteiger partial charge is 0.453 e. The zero-order chi connectivity index (χ0) is 10.6. The molecule has 0 aliphatic rings. The highest BCUT2D eigenvalue weighted by atomic mass is 16.5. The van der Waals surface area contributed by atoms with Crippen molar-refractivity contribution in [2.45, 2.75) is 26.8 Å². The quantitative estimate of drug-likeness (QED) is 0.669. The van der Waals surface area contributed by atoms with Crippen LogP contribution in [0.25, 0.3) is 0 Å². The van der Waals surface area contributed by atoms with Gasteiger partial charge in [-0.15, -0.1) is 0 Å². The number of carbonyl (C=O) groups excluding carboxylic acids is 2. The molecule has 0 aromatic rings. The summed E-state index contributed by atoms with van der Waals surface area (Å²) in [5.74, 6) is 0.0736. The fourth-order valence-electron chi connectivity index (χ4n) is 1.45. The second kappa shape index (κ2) is 4.84. The van der Waals surface area contributed by atoms with E-state index in [1.807, 2.05) is 13.8 Å². The number of nitrogens with zero attached hydrogens (tertiary/aromatic N) is 1. The van der Waals surface area contributed by atoms with Crippen molar-refractivity contribution in [3.05, 3.63) is 0 Å². The topological polar surface area (TPSA) is 46.6 Å². The van der Waals surface area contributed by atoms with Gasteiger partial charge in [-0.05, 0) is 12.8 Å². The number of ether oxygens (including phenoxy) is 1. The van der Waals surface area contributed by atoms with E-state index >= 15 is 0 Å². The fraction of sp³-hybridized carbons (Fsp3) is 0.778. The highest BCUT2D eigenvalue weighted by Crippen LogP contribution is 2.10. The van der Waals surface area contributed by atoms with E-state index in [4.69, 9.17) is 0 Å². The summed E-state index contributed by atoms with van der Waals surface area (Å²) in [7, 11) is 2.87. The maximum atomic E-state index is 11.2. The van der Waals surface area contributed by atoms with Gasteiger partial charge in [0.15, 0.2) is 5.78 Å². The van der Waals surface area contributed by atoms with Crippen molar-refractivity contribution in [2.24, 2.45) is 5.92 Å². The number of methoxy groups -OCH3 is 1. The van der Waals surface area contributed by atoms with Crippen molar-refractivity contribution in [3.63, 3.8) is 0 Å². The molecule has 0 aliphatic heterocycles. The van der Waals surface area contributed by atoms with E-state index in [1.165, 1.54) is 18.9 Å². The predicted octanol–water partition coefficient (Wildman–Crippen LogP) is 1.30. The molecule has 0 radical (unpaired) electrons. The first-order chi connectivity index (χ1) is 5.91. The fourth-order valence-corrected chi connectivity index (χ4v) is 1.45. The molecule has 0 heterocycles. The maximum Gasteiger partial charge on any atom is 0.409 e. The van der Waals surface area contributed by atoms with Crippen LogP contribution in [0.1, 0.15) is 20.8 Å². The molecule has 0 aliphatic carbocycles. The minimum absolute atomic E-state index is 0.0251. The molecule has 0 rings (SSSR count).